The summed E-state index contributed by atoms with van der Waals surface area (Å²) in [5, 5.41) is 3.60. The molecule has 0 saturated heterocycles. The molecule has 4 aromatic rings. The SMILES string of the molecule is COC(=O)c1ccc(OC[C@H](NC(c2ccccc2)(c2ccccc2)c2ccccc2)C(=O)OC)cc1. The molecule has 0 aliphatic rings. The van der Waals surface area contributed by atoms with Crippen molar-refractivity contribution in [3.8, 4) is 5.75 Å². The second-order valence-electron chi connectivity index (χ2n) is 8.40. The monoisotopic (exact) mass is 495 g/mol. The number of nitrogens with one attached hydrogen (secondary N) is 1. The first kappa shape index (κ1) is 25.7. The number of esters is 2. The lowest BCUT2D eigenvalue weighted by molar-refractivity contribution is -0.144. The first-order valence-electron chi connectivity index (χ1n) is 11.9. The number of ether oxygens (including phenoxy) is 3. The van der Waals surface area contributed by atoms with Crippen molar-refractivity contribution < 1.29 is 23.8 Å². The van der Waals surface area contributed by atoms with E-state index in [2.05, 4.69) is 5.32 Å². The molecule has 37 heavy (non-hydrogen) atoms. The van der Waals surface area contributed by atoms with Gasteiger partial charge in [-0.15, -0.1) is 0 Å². The Morgan fingerprint density at radius 3 is 1.54 bits per heavy atom. The average molecular weight is 496 g/mol. The van der Waals surface area contributed by atoms with Gasteiger partial charge in [-0.25, -0.2) is 4.79 Å². The Morgan fingerprint density at radius 1 is 0.676 bits per heavy atom. The molecule has 0 radical (unpaired) electrons. The first-order valence-corrected chi connectivity index (χ1v) is 11.9. The minimum atomic E-state index is -0.874. The highest BCUT2D eigenvalue weighted by molar-refractivity contribution is 5.89. The lowest BCUT2D eigenvalue weighted by atomic mass is 9.76. The van der Waals surface area contributed by atoms with Gasteiger partial charge in [-0.1, -0.05) is 91.0 Å². The summed E-state index contributed by atoms with van der Waals surface area (Å²) in [6, 6.07) is 35.7. The van der Waals surface area contributed by atoms with E-state index in [0.29, 0.717) is 11.3 Å². The van der Waals surface area contributed by atoms with Crippen molar-refractivity contribution in [1.82, 2.24) is 5.32 Å². The summed E-state index contributed by atoms with van der Waals surface area (Å²) >= 11 is 0. The van der Waals surface area contributed by atoms with Crippen molar-refractivity contribution in [3.63, 3.8) is 0 Å². The van der Waals surface area contributed by atoms with Gasteiger partial charge in [0.25, 0.3) is 0 Å². The summed E-state index contributed by atoms with van der Waals surface area (Å²) in [5.41, 5.74) is 2.42. The number of carbonyl (C=O) groups excluding carboxylic acids is 2. The molecule has 0 heterocycles. The maximum atomic E-state index is 13.1. The number of rotatable bonds is 10. The predicted molar refractivity (Wildman–Crippen MR) is 141 cm³/mol. The van der Waals surface area contributed by atoms with Crippen LogP contribution in [-0.4, -0.2) is 38.8 Å². The van der Waals surface area contributed by atoms with Gasteiger partial charge in [0.05, 0.1) is 25.3 Å². The quantitative estimate of drug-likeness (QED) is 0.247. The van der Waals surface area contributed by atoms with E-state index in [0.717, 1.165) is 16.7 Å². The van der Waals surface area contributed by atoms with E-state index in [4.69, 9.17) is 14.2 Å². The molecule has 0 fully saturated rings. The van der Waals surface area contributed by atoms with Crippen molar-refractivity contribution >= 4 is 11.9 Å². The Balaban J connectivity index is 1.74. The van der Waals surface area contributed by atoms with Crippen LogP contribution in [0.1, 0.15) is 27.0 Å². The molecule has 1 N–H and O–H groups in total. The van der Waals surface area contributed by atoms with Gasteiger partial charge in [0.15, 0.2) is 0 Å². The predicted octanol–water partition coefficient (Wildman–Crippen LogP) is 4.98. The van der Waals surface area contributed by atoms with E-state index in [9.17, 15) is 9.59 Å². The number of hydrogen-bond acceptors (Lipinski definition) is 6. The second-order valence-corrected chi connectivity index (χ2v) is 8.40. The molecule has 0 aliphatic heterocycles. The molecule has 0 amide bonds. The van der Waals surface area contributed by atoms with Gasteiger partial charge >= 0.3 is 11.9 Å². The summed E-state index contributed by atoms with van der Waals surface area (Å²) in [4.78, 5) is 24.8. The van der Waals surface area contributed by atoms with Gasteiger partial charge in [-0.3, -0.25) is 10.1 Å². The highest BCUT2D eigenvalue weighted by Crippen LogP contribution is 2.37. The van der Waals surface area contributed by atoms with Gasteiger partial charge < -0.3 is 14.2 Å². The normalized spacial score (nSPS) is 11.8. The van der Waals surface area contributed by atoms with Crippen LogP contribution in [0.2, 0.25) is 0 Å². The topological polar surface area (TPSA) is 73.9 Å². The molecule has 0 aromatic heterocycles. The molecular formula is C31H29NO5. The zero-order chi connectivity index (χ0) is 26.1. The molecular weight excluding hydrogens is 466 g/mol. The molecule has 188 valence electrons. The summed E-state index contributed by atoms with van der Waals surface area (Å²) in [6.45, 7) is -0.00149. The third-order valence-corrected chi connectivity index (χ3v) is 6.19. The third kappa shape index (κ3) is 5.71. The zero-order valence-electron chi connectivity index (χ0n) is 20.8. The number of benzene rings is 4. The Kier molecular flexibility index (Phi) is 8.33. The van der Waals surface area contributed by atoms with Crippen LogP contribution in [0.3, 0.4) is 0 Å². The molecule has 0 aliphatic carbocycles. The van der Waals surface area contributed by atoms with E-state index in [1.54, 1.807) is 24.3 Å². The fourth-order valence-corrected chi connectivity index (χ4v) is 4.37. The molecule has 1 atom stereocenters. The van der Waals surface area contributed by atoms with Crippen LogP contribution in [0.5, 0.6) is 5.75 Å². The average Bonchev–Trinajstić information content (AvgIpc) is 2.98. The van der Waals surface area contributed by atoms with Crippen LogP contribution in [0.15, 0.2) is 115 Å². The van der Waals surface area contributed by atoms with Crippen molar-refractivity contribution in [1.29, 1.82) is 0 Å². The van der Waals surface area contributed by atoms with Crippen molar-refractivity contribution in [2.24, 2.45) is 0 Å². The summed E-state index contributed by atoms with van der Waals surface area (Å²) < 4.78 is 15.9. The van der Waals surface area contributed by atoms with Gasteiger partial charge in [-0.2, -0.15) is 0 Å². The van der Waals surface area contributed by atoms with Crippen molar-refractivity contribution in [2.75, 3.05) is 20.8 Å². The van der Waals surface area contributed by atoms with E-state index < -0.39 is 23.5 Å². The van der Waals surface area contributed by atoms with Crippen LogP contribution in [0.4, 0.5) is 0 Å². The van der Waals surface area contributed by atoms with Crippen LogP contribution >= 0.6 is 0 Å². The summed E-state index contributed by atoms with van der Waals surface area (Å²) in [5.74, 6) is -0.384. The zero-order valence-corrected chi connectivity index (χ0v) is 20.8. The van der Waals surface area contributed by atoms with Crippen LogP contribution in [0, 0.1) is 0 Å². The summed E-state index contributed by atoms with van der Waals surface area (Å²) in [6.07, 6.45) is 0. The van der Waals surface area contributed by atoms with Gasteiger partial charge in [0, 0.05) is 0 Å². The minimum Gasteiger partial charge on any atom is -0.491 e. The fraction of sp³-hybridized carbons (Fsp3) is 0.161. The van der Waals surface area contributed by atoms with Crippen LogP contribution in [0.25, 0.3) is 0 Å². The van der Waals surface area contributed by atoms with Gasteiger partial charge in [0.1, 0.15) is 18.4 Å². The second kappa shape index (κ2) is 12.0. The molecule has 0 saturated carbocycles. The molecule has 0 spiro atoms. The van der Waals surface area contributed by atoms with Crippen LogP contribution in [-0.2, 0) is 19.8 Å². The standard InChI is InChI=1S/C31H29NO5/c1-35-29(33)23-18-20-27(21-19-23)37-22-28(30(34)36-2)32-31(24-12-6-3-7-13-24,25-14-8-4-9-15-25)26-16-10-5-11-17-26/h3-21,28,32H,22H2,1-2H3/t28-/m0/s1. The third-order valence-electron chi connectivity index (χ3n) is 6.19. The molecule has 6 heteroatoms. The van der Waals surface area contributed by atoms with E-state index >= 15 is 0 Å². The Hall–Kier alpha value is -4.42. The van der Waals surface area contributed by atoms with Crippen molar-refractivity contribution in [2.45, 2.75) is 11.6 Å². The van der Waals surface area contributed by atoms with Gasteiger partial charge in [0.2, 0.25) is 0 Å². The van der Waals surface area contributed by atoms with Crippen molar-refractivity contribution in [3.05, 3.63) is 138 Å². The van der Waals surface area contributed by atoms with Gasteiger partial charge in [-0.05, 0) is 41.0 Å². The fourth-order valence-electron chi connectivity index (χ4n) is 4.37. The highest BCUT2D eigenvalue weighted by Gasteiger charge is 2.40. The number of methoxy groups -OCH3 is 2. The van der Waals surface area contributed by atoms with E-state index in [1.165, 1.54) is 14.2 Å². The largest absolute Gasteiger partial charge is 0.491 e. The summed E-state index contributed by atoms with van der Waals surface area (Å²) in [7, 11) is 2.69. The molecule has 0 unspecified atom stereocenters. The molecule has 6 nitrogen and oxygen atoms in total. The van der Waals surface area contributed by atoms with E-state index in [1.807, 2.05) is 91.0 Å². The highest BCUT2D eigenvalue weighted by atomic mass is 16.5. The minimum absolute atomic E-state index is 0.00149. The Morgan fingerprint density at radius 2 is 1.14 bits per heavy atom. The first-order chi connectivity index (χ1) is 18.1. The molecule has 4 rings (SSSR count). The maximum Gasteiger partial charge on any atom is 0.337 e. The lowest BCUT2D eigenvalue weighted by Crippen LogP contribution is -2.55. The molecule has 0 bridgehead atoms. The smallest absolute Gasteiger partial charge is 0.337 e. The number of hydrogen-bond donors (Lipinski definition) is 1. The van der Waals surface area contributed by atoms with Crippen LogP contribution < -0.4 is 10.1 Å². The number of carbonyl (C=O) groups is 2. The maximum absolute atomic E-state index is 13.1. The van der Waals surface area contributed by atoms with E-state index in [-0.39, 0.29) is 6.61 Å². The lowest BCUT2D eigenvalue weighted by Gasteiger charge is -2.39. The Labute approximate surface area is 216 Å². The Bertz CT molecular complexity index is 1200. The molecule has 4 aromatic carbocycles.